The van der Waals surface area contributed by atoms with Crippen molar-refractivity contribution >= 4 is 27.5 Å². The van der Waals surface area contributed by atoms with Crippen molar-refractivity contribution in [3.63, 3.8) is 0 Å². The van der Waals surface area contributed by atoms with E-state index in [1.54, 1.807) is 23.5 Å². The molecule has 23 heavy (non-hydrogen) atoms. The van der Waals surface area contributed by atoms with E-state index < -0.39 is 0 Å². The summed E-state index contributed by atoms with van der Waals surface area (Å²) in [7, 11) is 0. The predicted molar refractivity (Wildman–Crippen MR) is 91.0 cm³/mol. The summed E-state index contributed by atoms with van der Waals surface area (Å²) in [6, 6.07) is 8.55. The third kappa shape index (κ3) is 2.90. The number of thiophene rings is 1. The number of hydrogen-bond donors (Lipinski definition) is 2. The fourth-order valence-corrected chi connectivity index (χ4v) is 3.70. The van der Waals surface area contributed by atoms with Crippen molar-refractivity contribution in [1.82, 2.24) is 15.3 Å². The van der Waals surface area contributed by atoms with E-state index in [0.29, 0.717) is 12.5 Å². The lowest BCUT2D eigenvalue weighted by molar-refractivity contribution is 0.464. The smallest absolute Gasteiger partial charge is 0.226 e. The van der Waals surface area contributed by atoms with E-state index in [-0.39, 0.29) is 12.0 Å². The van der Waals surface area contributed by atoms with Crippen LogP contribution in [-0.4, -0.2) is 35.8 Å². The SMILES string of the molecule is NC1CN(c2ncc3cc(-c4ccc(F)cc4)sc3n2)CCN1. The van der Waals surface area contributed by atoms with Gasteiger partial charge in [-0.2, -0.15) is 0 Å². The molecule has 1 unspecified atom stereocenters. The molecule has 2 aromatic heterocycles. The average Bonchev–Trinajstić information content (AvgIpc) is 2.98. The van der Waals surface area contributed by atoms with Crippen LogP contribution < -0.4 is 16.0 Å². The number of halogens is 1. The Morgan fingerprint density at radius 2 is 2.13 bits per heavy atom. The largest absolute Gasteiger partial charge is 0.337 e. The van der Waals surface area contributed by atoms with E-state index in [1.807, 2.05) is 12.3 Å². The Morgan fingerprint density at radius 1 is 1.30 bits per heavy atom. The molecule has 5 nitrogen and oxygen atoms in total. The number of aromatic nitrogens is 2. The van der Waals surface area contributed by atoms with Gasteiger partial charge in [-0.05, 0) is 23.8 Å². The summed E-state index contributed by atoms with van der Waals surface area (Å²) >= 11 is 1.59. The van der Waals surface area contributed by atoms with E-state index in [0.717, 1.165) is 33.7 Å². The van der Waals surface area contributed by atoms with Crippen LogP contribution in [-0.2, 0) is 0 Å². The maximum absolute atomic E-state index is 13.1. The van der Waals surface area contributed by atoms with Crippen molar-refractivity contribution in [3.8, 4) is 10.4 Å². The second-order valence-electron chi connectivity index (χ2n) is 5.55. The quantitative estimate of drug-likeness (QED) is 0.754. The van der Waals surface area contributed by atoms with Crippen molar-refractivity contribution in [1.29, 1.82) is 0 Å². The summed E-state index contributed by atoms with van der Waals surface area (Å²) < 4.78 is 13.1. The molecule has 0 aliphatic carbocycles. The lowest BCUT2D eigenvalue weighted by atomic mass is 10.2. The lowest BCUT2D eigenvalue weighted by Gasteiger charge is -2.31. The molecule has 7 heteroatoms. The number of anilines is 1. The molecule has 0 bridgehead atoms. The van der Waals surface area contributed by atoms with Gasteiger partial charge in [0, 0.05) is 36.1 Å². The van der Waals surface area contributed by atoms with Crippen LogP contribution in [0.1, 0.15) is 0 Å². The molecule has 0 amide bonds. The Labute approximate surface area is 137 Å². The fraction of sp³-hybridized carbons (Fsp3) is 0.250. The summed E-state index contributed by atoms with van der Waals surface area (Å²) in [5.74, 6) is 0.481. The number of rotatable bonds is 2. The second-order valence-corrected chi connectivity index (χ2v) is 6.59. The molecule has 1 aliphatic heterocycles. The molecule has 0 spiro atoms. The van der Waals surface area contributed by atoms with Gasteiger partial charge in [0.2, 0.25) is 5.95 Å². The number of nitrogens with one attached hydrogen (secondary N) is 1. The maximum Gasteiger partial charge on any atom is 0.226 e. The van der Waals surface area contributed by atoms with E-state index in [9.17, 15) is 4.39 Å². The molecular formula is C16H16FN5S. The fourth-order valence-electron chi connectivity index (χ4n) is 2.69. The number of benzene rings is 1. The number of piperazine rings is 1. The number of fused-ring (bicyclic) bond motifs is 1. The topological polar surface area (TPSA) is 67.1 Å². The normalized spacial score (nSPS) is 18.5. The Balaban J connectivity index is 1.68. The predicted octanol–water partition coefficient (Wildman–Crippen LogP) is 2.19. The monoisotopic (exact) mass is 329 g/mol. The average molecular weight is 329 g/mol. The van der Waals surface area contributed by atoms with Crippen LogP contribution in [0.3, 0.4) is 0 Å². The molecule has 1 fully saturated rings. The van der Waals surface area contributed by atoms with E-state index >= 15 is 0 Å². The molecule has 0 radical (unpaired) electrons. The molecule has 0 saturated carbocycles. The van der Waals surface area contributed by atoms with Crippen molar-refractivity contribution in [3.05, 3.63) is 42.3 Å². The minimum absolute atomic E-state index is 0.0545. The summed E-state index contributed by atoms with van der Waals surface area (Å²) in [5, 5.41) is 4.20. The minimum atomic E-state index is -0.230. The molecule has 1 aromatic carbocycles. The molecule has 1 saturated heterocycles. The zero-order valence-corrected chi connectivity index (χ0v) is 13.2. The van der Waals surface area contributed by atoms with Gasteiger partial charge in [0.15, 0.2) is 0 Å². The summed E-state index contributed by atoms with van der Waals surface area (Å²) in [6.07, 6.45) is 1.79. The molecule has 1 aliphatic rings. The zero-order valence-electron chi connectivity index (χ0n) is 12.4. The van der Waals surface area contributed by atoms with Gasteiger partial charge < -0.3 is 10.6 Å². The van der Waals surface area contributed by atoms with Gasteiger partial charge in [-0.3, -0.25) is 5.32 Å². The van der Waals surface area contributed by atoms with Crippen LogP contribution in [0.15, 0.2) is 36.5 Å². The summed E-state index contributed by atoms with van der Waals surface area (Å²) in [5.41, 5.74) is 6.92. The number of hydrogen-bond acceptors (Lipinski definition) is 6. The third-order valence-corrected chi connectivity index (χ3v) is 4.97. The Bertz CT molecular complexity index is 832. The molecular weight excluding hydrogens is 313 g/mol. The first kappa shape index (κ1) is 14.5. The van der Waals surface area contributed by atoms with Crippen molar-refractivity contribution in [2.75, 3.05) is 24.5 Å². The van der Waals surface area contributed by atoms with Gasteiger partial charge in [-0.15, -0.1) is 11.3 Å². The third-order valence-electron chi connectivity index (χ3n) is 3.88. The van der Waals surface area contributed by atoms with E-state index in [4.69, 9.17) is 5.73 Å². The van der Waals surface area contributed by atoms with Gasteiger partial charge in [0.25, 0.3) is 0 Å². The number of nitrogens with zero attached hydrogens (tertiary/aromatic N) is 3. The molecule has 4 rings (SSSR count). The Kier molecular flexibility index (Phi) is 3.68. The molecule has 3 aromatic rings. The summed E-state index contributed by atoms with van der Waals surface area (Å²) in [4.78, 5) is 13.2. The Morgan fingerprint density at radius 3 is 2.91 bits per heavy atom. The highest BCUT2D eigenvalue weighted by Crippen LogP contribution is 2.33. The van der Waals surface area contributed by atoms with Crippen LogP contribution >= 0.6 is 11.3 Å². The first-order valence-corrected chi connectivity index (χ1v) is 8.27. The van der Waals surface area contributed by atoms with Crippen LogP contribution in [0, 0.1) is 5.82 Å². The van der Waals surface area contributed by atoms with E-state index in [1.165, 1.54) is 12.1 Å². The van der Waals surface area contributed by atoms with Crippen LogP contribution in [0.2, 0.25) is 0 Å². The number of nitrogens with two attached hydrogens (primary N) is 1. The first-order valence-electron chi connectivity index (χ1n) is 7.45. The molecule has 118 valence electrons. The van der Waals surface area contributed by atoms with Crippen LogP contribution in [0.4, 0.5) is 10.3 Å². The lowest BCUT2D eigenvalue weighted by Crippen LogP contribution is -2.55. The highest BCUT2D eigenvalue weighted by molar-refractivity contribution is 7.21. The van der Waals surface area contributed by atoms with Crippen molar-refractivity contribution in [2.24, 2.45) is 5.73 Å². The second kappa shape index (κ2) is 5.84. The van der Waals surface area contributed by atoms with Crippen molar-refractivity contribution < 1.29 is 4.39 Å². The van der Waals surface area contributed by atoms with Crippen molar-refractivity contribution in [2.45, 2.75) is 6.17 Å². The van der Waals surface area contributed by atoms with Crippen LogP contribution in [0.5, 0.6) is 0 Å². The summed E-state index contributed by atoms with van der Waals surface area (Å²) in [6.45, 7) is 2.37. The molecule has 3 N–H and O–H groups in total. The first-order chi connectivity index (χ1) is 11.2. The van der Waals surface area contributed by atoms with Crippen LogP contribution in [0.25, 0.3) is 20.7 Å². The van der Waals surface area contributed by atoms with Gasteiger partial charge in [0.1, 0.15) is 10.6 Å². The highest BCUT2D eigenvalue weighted by atomic mass is 32.1. The van der Waals surface area contributed by atoms with Gasteiger partial charge in [-0.25, -0.2) is 14.4 Å². The molecule has 3 heterocycles. The zero-order chi connectivity index (χ0) is 15.8. The van der Waals surface area contributed by atoms with Gasteiger partial charge in [-0.1, -0.05) is 12.1 Å². The minimum Gasteiger partial charge on any atom is -0.337 e. The Hall–Kier alpha value is -2.09. The highest BCUT2D eigenvalue weighted by Gasteiger charge is 2.19. The van der Waals surface area contributed by atoms with Gasteiger partial charge in [0.05, 0.1) is 6.17 Å². The maximum atomic E-state index is 13.1. The molecule has 1 atom stereocenters. The van der Waals surface area contributed by atoms with Gasteiger partial charge >= 0.3 is 0 Å². The standard InChI is InChI=1S/C16H16FN5S/c17-12-3-1-10(2-4-12)13-7-11-8-20-16(21-15(11)23-13)22-6-5-19-14(18)9-22/h1-4,7-8,14,19H,5-6,9,18H2. The van der Waals surface area contributed by atoms with E-state index in [2.05, 4.69) is 20.2 Å².